The number of alkyl halides is 3. The highest BCUT2D eigenvalue weighted by atomic mass is 127. The summed E-state index contributed by atoms with van der Waals surface area (Å²) < 4.78 is 49.5. The molecule has 0 heterocycles. The summed E-state index contributed by atoms with van der Waals surface area (Å²) in [5.74, 6) is 0.173. The first-order chi connectivity index (χ1) is 12.2. The number of carbonyl (C=O) groups is 1. The van der Waals surface area contributed by atoms with Crippen LogP contribution in [-0.4, -0.2) is 62.4 Å². The lowest BCUT2D eigenvalue weighted by atomic mass is 10.4. The van der Waals surface area contributed by atoms with Gasteiger partial charge in [0.15, 0.2) is 5.96 Å². The number of benzene rings is 1. The van der Waals surface area contributed by atoms with Gasteiger partial charge in [-0.1, -0.05) is 0 Å². The maximum atomic E-state index is 12.8. The average molecular weight is 522 g/mol. The van der Waals surface area contributed by atoms with Gasteiger partial charge in [0, 0.05) is 25.5 Å². The van der Waals surface area contributed by atoms with Gasteiger partial charge in [0.05, 0.1) is 6.54 Å². The lowest BCUT2D eigenvalue weighted by molar-refractivity contribution is -0.157. The Balaban J connectivity index is 0.00000676. The number of hydrogen-bond acceptors (Lipinski definition) is 3. The van der Waals surface area contributed by atoms with E-state index in [2.05, 4.69) is 15.6 Å². The first-order valence-corrected chi connectivity index (χ1v) is 8.83. The number of aliphatic imine (C=N–C) groups is 1. The minimum Gasteiger partial charge on any atom is -0.356 e. The first-order valence-electron chi connectivity index (χ1n) is 7.85. The molecule has 0 aromatic heterocycles. The molecule has 1 rings (SSSR count). The van der Waals surface area contributed by atoms with Crippen molar-refractivity contribution in [2.24, 2.45) is 4.99 Å². The third-order valence-electron chi connectivity index (χ3n) is 3.17. The van der Waals surface area contributed by atoms with E-state index in [1.165, 1.54) is 19.2 Å². The van der Waals surface area contributed by atoms with E-state index >= 15 is 0 Å². The Morgan fingerprint density at radius 1 is 1.22 bits per heavy atom. The van der Waals surface area contributed by atoms with Gasteiger partial charge in [0.1, 0.15) is 12.4 Å². The lowest BCUT2D eigenvalue weighted by Gasteiger charge is -2.20. The van der Waals surface area contributed by atoms with Crippen LogP contribution in [0, 0.1) is 5.82 Å². The van der Waals surface area contributed by atoms with Crippen LogP contribution in [0.5, 0.6) is 0 Å². The second-order valence-electron chi connectivity index (χ2n) is 5.37. The van der Waals surface area contributed by atoms with Crippen LogP contribution >= 0.6 is 35.7 Å². The Labute approximate surface area is 177 Å². The fourth-order valence-electron chi connectivity index (χ4n) is 1.87. The van der Waals surface area contributed by atoms with Crippen molar-refractivity contribution in [3.8, 4) is 0 Å². The van der Waals surface area contributed by atoms with Crippen LogP contribution < -0.4 is 10.6 Å². The van der Waals surface area contributed by atoms with E-state index in [-0.39, 0.29) is 36.3 Å². The molecule has 0 aliphatic rings. The van der Waals surface area contributed by atoms with Gasteiger partial charge in [-0.25, -0.2) is 4.39 Å². The fourth-order valence-corrected chi connectivity index (χ4v) is 2.72. The van der Waals surface area contributed by atoms with Crippen molar-refractivity contribution < 1.29 is 22.4 Å². The molecule has 1 amide bonds. The van der Waals surface area contributed by atoms with Crippen molar-refractivity contribution in [2.45, 2.75) is 17.5 Å². The van der Waals surface area contributed by atoms with Crippen LogP contribution in [0.25, 0.3) is 0 Å². The molecule has 1 aromatic rings. The third-order valence-corrected chi connectivity index (χ3v) is 4.27. The highest BCUT2D eigenvalue weighted by Gasteiger charge is 2.31. The molecule has 0 aliphatic carbocycles. The van der Waals surface area contributed by atoms with Crippen molar-refractivity contribution in [3.63, 3.8) is 0 Å². The zero-order valence-corrected chi connectivity index (χ0v) is 18.1. The lowest BCUT2D eigenvalue weighted by Crippen LogP contribution is -2.45. The van der Waals surface area contributed by atoms with Gasteiger partial charge in [-0.05, 0) is 36.4 Å². The molecule has 0 fully saturated rings. The SMILES string of the molecule is CN=C(NCCCSc1ccc(F)cc1)NCC(=O)N(C)CC(F)(F)F.I. The Kier molecular flexibility index (Phi) is 12.4. The largest absolute Gasteiger partial charge is 0.406 e. The number of hydrogen-bond donors (Lipinski definition) is 2. The predicted molar refractivity (Wildman–Crippen MR) is 110 cm³/mol. The summed E-state index contributed by atoms with van der Waals surface area (Å²) in [6.45, 7) is -1.00. The van der Waals surface area contributed by atoms with Crippen LogP contribution in [0.4, 0.5) is 17.6 Å². The van der Waals surface area contributed by atoms with Crippen LogP contribution in [0.2, 0.25) is 0 Å². The quantitative estimate of drug-likeness (QED) is 0.138. The highest BCUT2D eigenvalue weighted by molar-refractivity contribution is 14.0. The van der Waals surface area contributed by atoms with E-state index in [9.17, 15) is 22.4 Å². The summed E-state index contributed by atoms with van der Waals surface area (Å²) >= 11 is 1.58. The molecule has 0 atom stereocenters. The van der Waals surface area contributed by atoms with E-state index in [0.717, 1.165) is 24.1 Å². The molecule has 2 N–H and O–H groups in total. The number of rotatable bonds is 8. The molecule has 0 bridgehead atoms. The zero-order chi connectivity index (χ0) is 19.6. The molecule has 0 aliphatic heterocycles. The number of amides is 1. The molecule has 11 heteroatoms. The van der Waals surface area contributed by atoms with E-state index < -0.39 is 18.6 Å². The van der Waals surface area contributed by atoms with Crippen molar-refractivity contribution in [2.75, 3.05) is 39.5 Å². The molecule has 154 valence electrons. The number of thioether (sulfide) groups is 1. The number of likely N-dealkylation sites (N-methyl/N-ethyl adjacent to an activating group) is 1. The van der Waals surface area contributed by atoms with Crippen molar-refractivity contribution >= 4 is 47.6 Å². The first kappa shape index (κ1) is 25.8. The monoisotopic (exact) mass is 522 g/mol. The van der Waals surface area contributed by atoms with Gasteiger partial charge < -0.3 is 15.5 Å². The molecule has 1 aromatic carbocycles. The molecule has 0 radical (unpaired) electrons. The van der Waals surface area contributed by atoms with Gasteiger partial charge in [0.2, 0.25) is 5.91 Å². The minimum atomic E-state index is -4.42. The van der Waals surface area contributed by atoms with Gasteiger partial charge in [-0.3, -0.25) is 9.79 Å². The van der Waals surface area contributed by atoms with Gasteiger partial charge in [-0.2, -0.15) is 13.2 Å². The van der Waals surface area contributed by atoms with E-state index in [1.54, 1.807) is 23.9 Å². The van der Waals surface area contributed by atoms with Crippen LogP contribution in [0.15, 0.2) is 34.2 Å². The van der Waals surface area contributed by atoms with Gasteiger partial charge >= 0.3 is 6.18 Å². The summed E-state index contributed by atoms with van der Waals surface area (Å²) in [4.78, 5) is 17.1. The Bertz CT molecular complexity index is 599. The number of nitrogens with one attached hydrogen (secondary N) is 2. The maximum Gasteiger partial charge on any atom is 0.406 e. The topological polar surface area (TPSA) is 56.7 Å². The third kappa shape index (κ3) is 12.0. The van der Waals surface area contributed by atoms with Crippen LogP contribution in [0.1, 0.15) is 6.42 Å². The Morgan fingerprint density at radius 2 is 1.85 bits per heavy atom. The number of halogens is 5. The number of nitrogens with zero attached hydrogens (tertiary/aromatic N) is 2. The summed E-state index contributed by atoms with van der Waals surface area (Å²) in [7, 11) is 2.60. The molecule has 5 nitrogen and oxygen atoms in total. The van der Waals surface area contributed by atoms with Crippen molar-refractivity contribution in [1.82, 2.24) is 15.5 Å². The zero-order valence-electron chi connectivity index (χ0n) is 15.0. The predicted octanol–water partition coefficient (Wildman–Crippen LogP) is 3.11. The maximum absolute atomic E-state index is 12.8. The number of carbonyl (C=O) groups excluding carboxylic acids is 1. The molecule has 0 spiro atoms. The fraction of sp³-hybridized carbons (Fsp3) is 0.500. The smallest absolute Gasteiger partial charge is 0.356 e. The standard InChI is InChI=1S/C16H22F4N4OS.HI/c1-21-15(23-10-14(25)24(2)11-16(18,19)20)22-8-3-9-26-13-6-4-12(17)5-7-13;/h4-7H,3,8-11H2,1-2H3,(H2,21,22,23);1H. The highest BCUT2D eigenvalue weighted by Crippen LogP contribution is 2.18. The summed E-state index contributed by atoms with van der Waals surface area (Å²) in [5.41, 5.74) is 0. The molecule has 0 unspecified atom stereocenters. The minimum absolute atomic E-state index is 0. The Morgan fingerprint density at radius 3 is 2.41 bits per heavy atom. The van der Waals surface area contributed by atoms with Gasteiger partial charge in [-0.15, -0.1) is 35.7 Å². The van der Waals surface area contributed by atoms with Crippen molar-refractivity contribution in [3.05, 3.63) is 30.1 Å². The molecular weight excluding hydrogens is 499 g/mol. The molecular formula is C16H23F4IN4OS. The summed E-state index contributed by atoms with van der Waals surface area (Å²) in [6.07, 6.45) is -3.64. The van der Waals surface area contributed by atoms with E-state index in [1.807, 2.05) is 0 Å². The molecule has 27 heavy (non-hydrogen) atoms. The van der Waals surface area contributed by atoms with Crippen LogP contribution in [0.3, 0.4) is 0 Å². The van der Waals surface area contributed by atoms with E-state index in [4.69, 9.17) is 0 Å². The molecule has 0 saturated carbocycles. The summed E-state index contributed by atoms with van der Waals surface area (Å²) in [6, 6.07) is 6.21. The molecule has 0 saturated heterocycles. The van der Waals surface area contributed by atoms with Crippen LogP contribution in [-0.2, 0) is 4.79 Å². The summed E-state index contributed by atoms with van der Waals surface area (Å²) in [5, 5.41) is 5.66. The van der Waals surface area contributed by atoms with E-state index in [0.29, 0.717) is 17.4 Å². The number of guanidine groups is 1. The second-order valence-corrected chi connectivity index (χ2v) is 6.54. The second kappa shape index (κ2) is 13.0. The average Bonchev–Trinajstić information content (AvgIpc) is 2.57. The Hall–Kier alpha value is -1.24. The normalized spacial score (nSPS) is 11.6. The van der Waals surface area contributed by atoms with Crippen molar-refractivity contribution in [1.29, 1.82) is 0 Å². The van der Waals surface area contributed by atoms with Gasteiger partial charge in [0.25, 0.3) is 0 Å².